The molecule has 4 atom stereocenters. The molecule has 0 radical (unpaired) electrons. The van der Waals surface area contributed by atoms with Crippen LogP contribution in [0.2, 0.25) is 0 Å². The molecule has 1 saturated heterocycles. The summed E-state index contributed by atoms with van der Waals surface area (Å²) in [5.74, 6) is 0.558. The van der Waals surface area contributed by atoms with Crippen LogP contribution in [0.5, 0.6) is 17.2 Å². The fourth-order valence-electron chi connectivity index (χ4n) is 7.03. The van der Waals surface area contributed by atoms with Gasteiger partial charge in [-0.05, 0) is 64.4 Å². The SMILES string of the molecule is CCC(COC1CNCC(OCc2cc(O)c3ccccc3c2)C1c1ccc(OCCCOCc2ccccc2O)cc1)OC(=O)Cc1cccc(CON(O)O)c1. The first kappa shape index (κ1) is 42.5. The summed E-state index contributed by atoms with van der Waals surface area (Å²) in [7, 11) is 0. The Bertz CT molecular complexity index is 2040. The van der Waals surface area contributed by atoms with Gasteiger partial charge in [0.15, 0.2) is 0 Å². The number of carbonyl (C=O) groups excluding carboxylic acids is 1. The third kappa shape index (κ3) is 12.5. The van der Waals surface area contributed by atoms with Gasteiger partial charge in [0.25, 0.3) is 0 Å². The van der Waals surface area contributed by atoms with Gasteiger partial charge in [-0.1, -0.05) is 85.8 Å². The summed E-state index contributed by atoms with van der Waals surface area (Å²) >= 11 is 0. The third-order valence-corrected chi connectivity index (χ3v) is 10.0. The molecule has 0 spiro atoms. The highest BCUT2D eigenvalue weighted by Crippen LogP contribution is 2.33. The lowest BCUT2D eigenvalue weighted by Crippen LogP contribution is -2.51. The molecule has 1 aliphatic rings. The number of phenolic OH excluding ortho intramolecular Hbond substituents is 2. The number of nitrogens with one attached hydrogen (secondary N) is 1. The number of esters is 1. The average Bonchev–Trinajstić information content (AvgIpc) is 3.23. The molecule has 4 unspecified atom stereocenters. The van der Waals surface area contributed by atoms with Crippen molar-refractivity contribution in [3.63, 3.8) is 0 Å². The van der Waals surface area contributed by atoms with Gasteiger partial charge in [0, 0.05) is 36.4 Å². The number of para-hydroxylation sites is 1. The molecule has 5 N–H and O–H groups in total. The number of carbonyl (C=O) groups is 1. The van der Waals surface area contributed by atoms with Crippen molar-refractivity contribution in [2.75, 3.05) is 32.9 Å². The van der Waals surface area contributed by atoms with E-state index >= 15 is 0 Å². The highest BCUT2D eigenvalue weighted by atomic mass is 17.1. The minimum Gasteiger partial charge on any atom is -0.508 e. The normalized spacial score (nSPS) is 17.3. The van der Waals surface area contributed by atoms with Crippen molar-refractivity contribution >= 4 is 16.7 Å². The van der Waals surface area contributed by atoms with E-state index in [1.807, 2.05) is 73.7 Å². The molecule has 13 heteroatoms. The maximum absolute atomic E-state index is 13.0. The van der Waals surface area contributed by atoms with Gasteiger partial charge in [-0.3, -0.25) is 15.2 Å². The predicted molar refractivity (Wildman–Crippen MR) is 214 cm³/mol. The van der Waals surface area contributed by atoms with Crippen LogP contribution < -0.4 is 10.1 Å². The number of hydrogen-bond donors (Lipinski definition) is 5. The zero-order chi connectivity index (χ0) is 40.7. The zero-order valence-corrected chi connectivity index (χ0v) is 32.6. The molecular formula is C45H52N2O11. The third-order valence-electron chi connectivity index (χ3n) is 10.0. The van der Waals surface area contributed by atoms with Crippen LogP contribution in [0.3, 0.4) is 0 Å². The van der Waals surface area contributed by atoms with E-state index < -0.39 is 12.1 Å². The van der Waals surface area contributed by atoms with E-state index in [2.05, 4.69) is 10.2 Å². The van der Waals surface area contributed by atoms with Gasteiger partial charge in [-0.2, -0.15) is 0 Å². The maximum atomic E-state index is 13.0. The molecule has 1 heterocycles. The van der Waals surface area contributed by atoms with Crippen molar-refractivity contribution in [2.45, 2.75) is 70.2 Å². The van der Waals surface area contributed by atoms with Gasteiger partial charge in [0.1, 0.15) is 23.4 Å². The molecule has 0 aliphatic carbocycles. The Balaban J connectivity index is 1.08. The Kier molecular flexibility index (Phi) is 15.8. The first-order chi connectivity index (χ1) is 28.2. The molecule has 0 amide bonds. The number of aromatic hydroxyl groups is 2. The monoisotopic (exact) mass is 796 g/mol. The van der Waals surface area contributed by atoms with E-state index in [0.29, 0.717) is 56.9 Å². The Morgan fingerprint density at radius 1 is 0.776 bits per heavy atom. The van der Waals surface area contributed by atoms with E-state index in [1.165, 1.54) is 0 Å². The highest BCUT2D eigenvalue weighted by Gasteiger charge is 2.37. The Hall–Kier alpha value is -5.09. The van der Waals surface area contributed by atoms with E-state index in [9.17, 15) is 15.0 Å². The van der Waals surface area contributed by atoms with E-state index in [0.717, 1.165) is 33.2 Å². The number of ether oxygens (including phenoxy) is 5. The molecule has 0 saturated carbocycles. The fourth-order valence-corrected chi connectivity index (χ4v) is 7.03. The van der Waals surface area contributed by atoms with Crippen LogP contribution in [0.4, 0.5) is 0 Å². The summed E-state index contributed by atoms with van der Waals surface area (Å²) in [6.45, 7) is 4.73. The first-order valence-electron chi connectivity index (χ1n) is 19.6. The summed E-state index contributed by atoms with van der Waals surface area (Å²) < 4.78 is 30.8. The molecular weight excluding hydrogens is 744 g/mol. The Labute approximate surface area is 338 Å². The summed E-state index contributed by atoms with van der Waals surface area (Å²) in [5.41, 5.74) is 3.96. The quantitative estimate of drug-likeness (QED) is 0.0294. The van der Waals surface area contributed by atoms with Crippen LogP contribution in [0.1, 0.15) is 53.5 Å². The molecule has 13 nitrogen and oxygen atoms in total. The second-order valence-electron chi connectivity index (χ2n) is 14.2. The van der Waals surface area contributed by atoms with Gasteiger partial charge in [0.05, 0.1) is 63.7 Å². The van der Waals surface area contributed by atoms with Crippen LogP contribution in [0.15, 0.2) is 109 Å². The number of nitrogens with zero attached hydrogens (tertiary/aromatic N) is 1. The van der Waals surface area contributed by atoms with Gasteiger partial charge in [-0.25, -0.2) is 4.84 Å². The number of benzene rings is 5. The predicted octanol–water partition coefficient (Wildman–Crippen LogP) is 6.97. The van der Waals surface area contributed by atoms with Crippen molar-refractivity contribution in [1.82, 2.24) is 10.7 Å². The van der Waals surface area contributed by atoms with Gasteiger partial charge < -0.3 is 39.2 Å². The number of fused-ring (bicyclic) bond motifs is 1. The first-order valence-corrected chi connectivity index (χ1v) is 19.6. The number of phenols is 2. The molecule has 0 bridgehead atoms. The second-order valence-corrected chi connectivity index (χ2v) is 14.2. The number of rotatable bonds is 21. The van der Waals surface area contributed by atoms with Gasteiger partial charge in [-0.15, -0.1) is 0 Å². The molecule has 308 valence electrons. The van der Waals surface area contributed by atoms with Gasteiger partial charge >= 0.3 is 5.97 Å². The fraction of sp³-hybridized carbons (Fsp3) is 0.356. The van der Waals surface area contributed by atoms with Gasteiger partial charge in [0.2, 0.25) is 0 Å². The minimum absolute atomic E-state index is 0.0276. The molecule has 5 aromatic rings. The average molecular weight is 797 g/mol. The van der Waals surface area contributed by atoms with Crippen molar-refractivity contribution in [2.24, 2.45) is 0 Å². The maximum Gasteiger partial charge on any atom is 0.310 e. The van der Waals surface area contributed by atoms with Crippen LogP contribution >= 0.6 is 0 Å². The van der Waals surface area contributed by atoms with Crippen molar-refractivity contribution < 1.29 is 53.9 Å². The smallest absolute Gasteiger partial charge is 0.310 e. The van der Waals surface area contributed by atoms with Crippen LogP contribution in [-0.4, -0.2) is 83.2 Å². The molecule has 6 rings (SSSR count). The Morgan fingerprint density at radius 3 is 2.33 bits per heavy atom. The van der Waals surface area contributed by atoms with Crippen LogP contribution in [0.25, 0.3) is 10.8 Å². The van der Waals surface area contributed by atoms with Crippen LogP contribution in [-0.2, 0) is 54.8 Å². The lowest BCUT2D eigenvalue weighted by molar-refractivity contribution is -0.497. The van der Waals surface area contributed by atoms with Crippen molar-refractivity contribution in [3.8, 4) is 17.2 Å². The standard InChI is InChI=1S/C45H52N2O11/c1-2-37(58-44(50)24-31-9-7-10-32(21-31)28-57-47(51)52)30-56-43-26-46-25-42(55-27-33-22-35-11-3-5-13-39(35)41(49)23-33)45(43)34-15-17-38(18-16-34)54-20-8-19-53-29-36-12-4-6-14-40(36)48/h3-7,9-18,21-23,37,42-43,45-46,48-49,51-52H,2,8,19-20,24-30H2,1H3. The molecule has 0 aromatic heterocycles. The lowest BCUT2D eigenvalue weighted by atomic mass is 9.85. The van der Waals surface area contributed by atoms with Crippen LogP contribution in [0, 0.1) is 0 Å². The van der Waals surface area contributed by atoms with Crippen molar-refractivity contribution in [1.29, 1.82) is 0 Å². The lowest BCUT2D eigenvalue weighted by Gasteiger charge is -2.39. The zero-order valence-electron chi connectivity index (χ0n) is 32.6. The number of hydrogen-bond acceptors (Lipinski definition) is 13. The molecule has 1 fully saturated rings. The van der Waals surface area contributed by atoms with Crippen molar-refractivity contribution in [3.05, 3.63) is 137 Å². The second kappa shape index (κ2) is 21.6. The summed E-state index contributed by atoms with van der Waals surface area (Å²) in [6, 6.07) is 33.6. The summed E-state index contributed by atoms with van der Waals surface area (Å²) in [6.07, 6.45) is 0.154. The topological polar surface area (TPSA) is 169 Å². The van der Waals surface area contributed by atoms with E-state index in [1.54, 1.807) is 42.5 Å². The summed E-state index contributed by atoms with van der Waals surface area (Å²) in [4.78, 5) is 17.7. The largest absolute Gasteiger partial charge is 0.508 e. The highest BCUT2D eigenvalue weighted by molar-refractivity contribution is 5.88. The minimum atomic E-state index is -0.489. The van der Waals surface area contributed by atoms with E-state index in [4.69, 9.17) is 34.1 Å². The molecule has 58 heavy (non-hydrogen) atoms. The molecule has 1 aliphatic heterocycles. The summed E-state index contributed by atoms with van der Waals surface area (Å²) in [5, 5.41) is 43.2. The number of piperidine rings is 1. The van der Waals surface area contributed by atoms with E-state index in [-0.39, 0.29) is 61.3 Å². The molecule has 5 aromatic carbocycles. The Morgan fingerprint density at radius 2 is 1.53 bits per heavy atom.